The molecule has 2 aromatic carbocycles. The molecule has 0 bridgehead atoms. The van der Waals surface area contributed by atoms with Crippen molar-refractivity contribution in [1.29, 1.82) is 0 Å². The molecule has 0 unspecified atom stereocenters. The number of aryl methyl sites for hydroxylation is 1. The van der Waals surface area contributed by atoms with Gasteiger partial charge in [-0.1, -0.05) is 30.7 Å². The van der Waals surface area contributed by atoms with E-state index in [1.165, 1.54) is 14.0 Å². The SMILES string of the molecule is CCc1cc(NCC(=O)Nc2ccccc2C(=O)OC)c(C(C)=O)cc1Cl. The van der Waals surface area contributed by atoms with Gasteiger partial charge in [0, 0.05) is 16.3 Å². The first-order valence-corrected chi connectivity index (χ1v) is 8.79. The predicted octanol–water partition coefficient (Wildman–Crippen LogP) is 3.94. The Labute approximate surface area is 162 Å². The highest BCUT2D eigenvalue weighted by atomic mass is 35.5. The van der Waals surface area contributed by atoms with Gasteiger partial charge in [-0.15, -0.1) is 0 Å². The van der Waals surface area contributed by atoms with Gasteiger partial charge in [0.2, 0.25) is 5.91 Å². The van der Waals surface area contributed by atoms with Crippen molar-refractivity contribution < 1.29 is 19.1 Å². The summed E-state index contributed by atoms with van der Waals surface area (Å²) in [6.45, 7) is 3.31. The number of amides is 1. The zero-order valence-electron chi connectivity index (χ0n) is 15.4. The largest absolute Gasteiger partial charge is 0.465 e. The number of methoxy groups -OCH3 is 1. The molecule has 2 aromatic rings. The molecule has 0 saturated carbocycles. The molecule has 0 saturated heterocycles. The molecule has 1 amide bonds. The smallest absolute Gasteiger partial charge is 0.339 e. The number of nitrogens with one attached hydrogen (secondary N) is 2. The number of ketones is 1. The number of esters is 1. The summed E-state index contributed by atoms with van der Waals surface area (Å²) in [7, 11) is 1.28. The van der Waals surface area contributed by atoms with Crippen LogP contribution in [0.15, 0.2) is 36.4 Å². The zero-order chi connectivity index (χ0) is 20.0. The number of ether oxygens (including phenoxy) is 1. The van der Waals surface area contributed by atoms with Gasteiger partial charge in [-0.05, 0) is 43.2 Å². The van der Waals surface area contributed by atoms with Crippen LogP contribution < -0.4 is 10.6 Å². The number of halogens is 1. The quantitative estimate of drug-likeness (QED) is 0.554. The molecule has 0 aromatic heterocycles. The van der Waals surface area contributed by atoms with Crippen LogP contribution in [0.5, 0.6) is 0 Å². The van der Waals surface area contributed by atoms with Gasteiger partial charge in [-0.25, -0.2) is 4.79 Å². The minimum absolute atomic E-state index is 0.0828. The molecule has 0 heterocycles. The molecule has 0 spiro atoms. The molecule has 2 N–H and O–H groups in total. The third kappa shape index (κ3) is 5.08. The van der Waals surface area contributed by atoms with Crippen molar-refractivity contribution in [2.45, 2.75) is 20.3 Å². The minimum Gasteiger partial charge on any atom is -0.465 e. The third-order valence-corrected chi connectivity index (χ3v) is 4.34. The van der Waals surface area contributed by atoms with E-state index in [9.17, 15) is 14.4 Å². The monoisotopic (exact) mass is 388 g/mol. The number of benzene rings is 2. The summed E-state index contributed by atoms with van der Waals surface area (Å²) < 4.78 is 4.71. The van der Waals surface area contributed by atoms with E-state index in [0.717, 1.165) is 5.56 Å². The second-order valence-corrected chi connectivity index (χ2v) is 6.25. The maximum absolute atomic E-state index is 12.3. The molecule has 142 valence electrons. The maximum atomic E-state index is 12.3. The Morgan fingerprint density at radius 3 is 2.41 bits per heavy atom. The van der Waals surface area contributed by atoms with Gasteiger partial charge in [-0.2, -0.15) is 0 Å². The highest BCUT2D eigenvalue weighted by molar-refractivity contribution is 6.32. The molecular weight excluding hydrogens is 368 g/mol. The van der Waals surface area contributed by atoms with Crippen LogP contribution in [-0.2, 0) is 16.0 Å². The van der Waals surface area contributed by atoms with Crippen LogP contribution in [0.25, 0.3) is 0 Å². The van der Waals surface area contributed by atoms with Gasteiger partial charge in [0.25, 0.3) is 0 Å². The number of carbonyl (C=O) groups is 3. The number of hydrogen-bond acceptors (Lipinski definition) is 5. The number of Topliss-reactive ketones (excluding diaryl/α,β-unsaturated/α-hetero) is 1. The third-order valence-electron chi connectivity index (χ3n) is 3.99. The van der Waals surface area contributed by atoms with Crippen LogP contribution in [0, 0.1) is 0 Å². The molecule has 27 heavy (non-hydrogen) atoms. The lowest BCUT2D eigenvalue weighted by molar-refractivity contribution is -0.114. The average molecular weight is 389 g/mol. The van der Waals surface area contributed by atoms with E-state index >= 15 is 0 Å². The summed E-state index contributed by atoms with van der Waals surface area (Å²) >= 11 is 6.17. The molecule has 0 aliphatic rings. The van der Waals surface area contributed by atoms with Gasteiger partial charge in [-0.3, -0.25) is 9.59 Å². The van der Waals surface area contributed by atoms with Crippen molar-refractivity contribution in [2.24, 2.45) is 0 Å². The summed E-state index contributed by atoms with van der Waals surface area (Å²) in [6, 6.07) is 9.94. The van der Waals surface area contributed by atoms with Crippen molar-refractivity contribution in [1.82, 2.24) is 0 Å². The Hall–Kier alpha value is -2.86. The molecule has 0 fully saturated rings. The first-order valence-electron chi connectivity index (χ1n) is 8.41. The van der Waals surface area contributed by atoms with Crippen LogP contribution in [0.4, 0.5) is 11.4 Å². The highest BCUT2D eigenvalue weighted by Crippen LogP contribution is 2.26. The second kappa shape index (κ2) is 9.19. The fraction of sp³-hybridized carbons (Fsp3) is 0.250. The number of anilines is 2. The summed E-state index contributed by atoms with van der Waals surface area (Å²) in [5, 5.41) is 6.16. The summed E-state index contributed by atoms with van der Waals surface area (Å²) in [5.41, 5.74) is 2.45. The van der Waals surface area contributed by atoms with Crippen LogP contribution in [0.3, 0.4) is 0 Å². The molecule has 0 aliphatic heterocycles. The van der Waals surface area contributed by atoms with E-state index in [2.05, 4.69) is 10.6 Å². The van der Waals surface area contributed by atoms with E-state index in [1.807, 2.05) is 6.92 Å². The normalized spacial score (nSPS) is 10.2. The Morgan fingerprint density at radius 2 is 1.78 bits per heavy atom. The molecule has 0 atom stereocenters. The van der Waals surface area contributed by atoms with E-state index in [0.29, 0.717) is 28.4 Å². The van der Waals surface area contributed by atoms with Gasteiger partial charge in [0.05, 0.1) is 24.9 Å². The first-order chi connectivity index (χ1) is 12.9. The van der Waals surface area contributed by atoms with Crippen molar-refractivity contribution in [3.05, 3.63) is 58.1 Å². The lowest BCUT2D eigenvalue weighted by atomic mass is 10.0. The first kappa shape index (κ1) is 20.5. The van der Waals surface area contributed by atoms with Gasteiger partial charge in [0.1, 0.15) is 0 Å². The van der Waals surface area contributed by atoms with Gasteiger partial charge >= 0.3 is 5.97 Å². The zero-order valence-corrected chi connectivity index (χ0v) is 16.1. The molecular formula is C20H21ClN2O4. The fourth-order valence-electron chi connectivity index (χ4n) is 2.58. The molecule has 6 nitrogen and oxygen atoms in total. The van der Waals surface area contributed by atoms with E-state index in [-0.39, 0.29) is 23.8 Å². The molecule has 0 radical (unpaired) electrons. The van der Waals surface area contributed by atoms with Crippen molar-refractivity contribution in [2.75, 3.05) is 24.3 Å². The van der Waals surface area contributed by atoms with Crippen LogP contribution >= 0.6 is 11.6 Å². The van der Waals surface area contributed by atoms with Crippen molar-refractivity contribution in [3.8, 4) is 0 Å². The van der Waals surface area contributed by atoms with Crippen LogP contribution in [-0.4, -0.2) is 31.3 Å². The Bertz CT molecular complexity index is 880. The van der Waals surface area contributed by atoms with E-state index < -0.39 is 5.97 Å². The van der Waals surface area contributed by atoms with Crippen LogP contribution in [0.1, 0.15) is 40.1 Å². The topological polar surface area (TPSA) is 84.5 Å². The summed E-state index contributed by atoms with van der Waals surface area (Å²) in [5.74, 6) is -1.06. The maximum Gasteiger partial charge on any atom is 0.339 e. The standard InChI is InChI=1S/C20H21ClN2O4/c1-4-13-9-18(15(12(2)24)10-16(13)21)22-11-19(25)23-17-8-6-5-7-14(17)20(26)27-3/h5-10,22H,4,11H2,1-3H3,(H,23,25). The summed E-state index contributed by atoms with van der Waals surface area (Å²) in [4.78, 5) is 35.9. The second-order valence-electron chi connectivity index (χ2n) is 5.84. The Balaban J connectivity index is 2.15. The lowest BCUT2D eigenvalue weighted by Crippen LogP contribution is -2.23. The van der Waals surface area contributed by atoms with Gasteiger partial charge < -0.3 is 15.4 Å². The molecule has 7 heteroatoms. The number of para-hydroxylation sites is 1. The number of carbonyl (C=O) groups excluding carboxylic acids is 3. The number of hydrogen-bond donors (Lipinski definition) is 2. The molecule has 0 aliphatic carbocycles. The minimum atomic E-state index is -0.539. The summed E-state index contributed by atoms with van der Waals surface area (Å²) in [6.07, 6.45) is 0.699. The highest BCUT2D eigenvalue weighted by Gasteiger charge is 2.15. The lowest BCUT2D eigenvalue weighted by Gasteiger charge is -2.14. The van der Waals surface area contributed by atoms with Gasteiger partial charge in [0.15, 0.2) is 5.78 Å². The Morgan fingerprint density at radius 1 is 1.07 bits per heavy atom. The molecule has 2 rings (SSSR count). The number of rotatable bonds is 7. The van der Waals surface area contributed by atoms with Crippen LogP contribution in [0.2, 0.25) is 5.02 Å². The van der Waals surface area contributed by atoms with E-state index in [4.69, 9.17) is 16.3 Å². The fourth-order valence-corrected chi connectivity index (χ4v) is 2.87. The predicted molar refractivity (Wildman–Crippen MR) is 106 cm³/mol. The van der Waals surface area contributed by atoms with Crippen molar-refractivity contribution in [3.63, 3.8) is 0 Å². The average Bonchev–Trinajstić information content (AvgIpc) is 2.66. The van der Waals surface area contributed by atoms with Crippen molar-refractivity contribution >= 4 is 40.6 Å². The van der Waals surface area contributed by atoms with E-state index in [1.54, 1.807) is 36.4 Å². The Kier molecular flexibility index (Phi) is 6.96.